The minimum Gasteiger partial charge on any atom is -0.309 e. The van der Waals surface area contributed by atoms with E-state index in [4.69, 9.17) is 0 Å². The fourth-order valence-corrected chi connectivity index (χ4v) is 2.71. The van der Waals surface area contributed by atoms with Crippen molar-refractivity contribution in [2.24, 2.45) is 0 Å². The Hall–Kier alpha value is -1.60. The molecule has 0 heterocycles. The Kier molecular flexibility index (Phi) is 4.39. The van der Waals surface area contributed by atoms with Crippen LogP contribution in [0.3, 0.4) is 0 Å². The molecule has 2 aromatic carbocycles. The van der Waals surface area contributed by atoms with Crippen LogP contribution in [0.2, 0.25) is 0 Å². The molecule has 1 atom stereocenters. The molecule has 1 unspecified atom stereocenters. The first-order chi connectivity index (χ1) is 9.17. The molecule has 0 saturated heterocycles. The van der Waals surface area contributed by atoms with Gasteiger partial charge in [-0.15, -0.1) is 0 Å². The predicted molar refractivity (Wildman–Crippen MR) is 82.6 cm³/mol. The van der Waals surface area contributed by atoms with Crippen molar-refractivity contribution in [3.8, 4) is 0 Å². The highest BCUT2D eigenvalue weighted by atomic mass is 14.9. The summed E-state index contributed by atoms with van der Waals surface area (Å²) in [7, 11) is 2.03. The average molecular weight is 253 g/mol. The molecular weight excluding hydrogens is 230 g/mol. The second-order valence-corrected chi connectivity index (χ2v) is 5.12. The SMILES string of the molecule is CCc1ccc(C(NC)c2c(C)cccc2C)cc1. The van der Waals surface area contributed by atoms with E-state index >= 15 is 0 Å². The van der Waals surface area contributed by atoms with Crippen LogP contribution in [0.15, 0.2) is 42.5 Å². The lowest BCUT2D eigenvalue weighted by molar-refractivity contribution is 0.683. The maximum Gasteiger partial charge on any atom is 0.0579 e. The smallest absolute Gasteiger partial charge is 0.0579 e. The third-order valence-electron chi connectivity index (χ3n) is 3.84. The van der Waals surface area contributed by atoms with E-state index in [2.05, 4.69) is 68.6 Å². The first kappa shape index (κ1) is 13.8. The number of benzene rings is 2. The fourth-order valence-electron chi connectivity index (χ4n) is 2.71. The Morgan fingerprint density at radius 1 is 0.947 bits per heavy atom. The summed E-state index contributed by atoms with van der Waals surface area (Å²) in [6, 6.07) is 15.7. The molecule has 1 nitrogen and oxygen atoms in total. The highest BCUT2D eigenvalue weighted by Crippen LogP contribution is 2.27. The Labute approximate surface area is 116 Å². The van der Waals surface area contributed by atoms with Crippen LogP contribution in [0.1, 0.15) is 40.8 Å². The molecule has 0 amide bonds. The van der Waals surface area contributed by atoms with Crippen LogP contribution in [0.25, 0.3) is 0 Å². The van der Waals surface area contributed by atoms with Gasteiger partial charge in [-0.3, -0.25) is 0 Å². The number of rotatable bonds is 4. The molecule has 0 saturated carbocycles. The van der Waals surface area contributed by atoms with Crippen molar-refractivity contribution in [2.75, 3.05) is 7.05 Å². The molecule has 1 heteroatoms. The van der Waals surface area contributed by atoms with Gasteiger partial charge in [0.2, 0.25) is 0 Å². The van der Waals surface area contributed by atoms with Crippen molar-refractivity contribution in [1.29, 1.82) is 0 Å². The van der Waals surface area contributed by atoms with E-state index in [0.717, 1.165) is 6.42 Å². The van der Waals surface area contributed by atoms with Crippen molar-refractivity contribution < 1.29 is 0 Å². The maximum absolute atomic E-state index is 3.45. The maximum atomic E-state index is 3.45. The van der Waals surface area contributed by atoms with Gasteiger partial charge in [-0.05, 0) is 55.1 Å². The van der Waals surface area contributed by atoms with Crippen LogP contribution in [0.5, 0.6) is 0 Å². The Morgan fingerprint density at radius 3 is 2.00 bits per heavy atom. The zero-order chi connectivity index (χ0) is 13.8. The third kappa shape index (κ3) is 2.87. The first-order valence-electron chi connectivity index (χ1n) is 6.99. The normalized spacial score (nSPS) is 12.4. The minimum absolute atomic E-state index is 0.270. The molecule has 0 bridgehead atoms. The van der Waals surface area contributed by atoms with E-state index in [0.29, 0.717) is 0 Å². The summed E-state index contributed by atoms with van der Waals surface area (Å²) in [6.07, 6.45) is 1.09. The van der Waals surface area contributed by atoms with Crippen LogP contribution in [0.4, 0.5) is 0 Å². The van der Waals surface area contributed by atoms with Crippen LogP contribution >= 0.6 is 0 Å². The quantitative estimate of drug-likeness (QED) is 0.862. The van der Waals surface area contributed by atoms with Gasteiger partial charge in [-0.25, -0.2) is 0 Å². The fraction of sp³-hybridized carbons (Fsp3) is 0.333. The van der Waals surface area contributed by atoms with Crippen molar-refractivity contribution >= 4 is 0 Å². The van der Waals surface area contributed by atoms with Crippen LogP contribution in [0, 0.1) is 13.8 Å². The molecule has 1 N–H and O–H groups in total. The lowest BCUT2D eigenvalue weighted by Gasteiger charge is -2.22. The van der Waals surface area contributed by atoms with E-state index in [9.17, 15) is 0 Å². The number of aryl methyl sites for hydroxylation is 3. The van der Waals surface area contributed by atoms with E-state index in [1.165, 1.54) is 27.8 Å². The van der Waals surface area contributed by atoms with Gasteiger partial charge in [-0.1, -0.05) is 49.4 Å². The topological polar surface area (TPSA) is 12.0 Å². The molecule has 19 heavy (non-hydrogen) atoms. The standard InChI is InChI=1S/C18H23N/c1-5-15-9-11-16(12-10-15)18(19-4)17-13(2)7-6-8-14(17)3/h6-12,18-19H,5H2,1-4H3. The molecule has 0 radical (unpaired) electrons. The summed E-state index contributed by atoms with van der Waals surface area (Å²) in [6.45, 7) is 6.57. The van der Waals surface area contributed by atoms with Crippen LogP contribution in [-0.2, 0) is 6.42 Å². The van der Waals surface area contributed by atoms with E-state index in [1.54, 1.807) is 0 Å². The molecule has 0 aliphatic rings. The summed E-state index contributed by atoms with van der Waals surface area (Å²) in [4.78, 5) is 0. The van der Waals surface area contributed by atoms with Gasteiger partial charge in [0.15, 0.2) is 0 Å². The van der Waals surface area contributed by atoms with Crippen molar-refractivity contribution in [3.63, 3.8) is 0 Å². The van der Waals surface area contributed by atoms with Gasteiger partial charge in [-0.2, -0.15) is 0 Å². The Balaban J connectivity index is 2.44. The molecule has 0 aliphatic heterocycles. The largest absolute Gasteiger partial charge is 0.309 e. The molecule has 100 valence electrons. The van der Waals surface area contributed by atoms with Gasteiger partial charge in [0.1, 0.15) is 0 Å². The first-order valence-corrected chi connectivity index (χ1v) is 6.99. The zero-order valence-corrected chi connectivity index (χ0v) is 12.3. The zero-order valence-electron chi connectivity index (χ0n) is 12.3. The van der Waals surface area contributed by atoms with Crippen LogP contribution < -0.4 is 5.32 Å². The Morgan fingerprint density at radius 2 is 1.53 bits per heavy atom. The summed E-state index contributed by atoms with van der Waals surface area (Å²) in [5.41, 5.74) is 6.81. The number of hydrogen-bond acceptors (Lipinski definition) is 1. The third-order valence-corrected chi connectivity index (χ3v) is 3.84. The monoisotopic (exact) mass is 253 g/mol. The van der Waals surface area contributed by atoms with Crippen molar-refractivity contribution in [3.05, 3.63) is 70.3 Å². The van der Waals surface area contributed by atoms with Gasteiger partial charge in [0.25, 0.3) is 0 Å². The van der Waals surface area contributed by atoms with Gasteiger partial charge < -0.3 is 5.32 Å². The summed E-state index contributed by atoms with van der Waals surface area (Å²) >= 11 is 0. The lowest BCUT2D eigenvalue weighted by Crippen LogP contribution is -2.19. The Bertz CT molecular complexity index is 520. The predicted octanol–water partition coefficient (Wildman–Crippen LogP) is 4.17. The second-order valence-electron chi connectivity index (χ2n) is 5.12. The van der Waals surface area contributed by atoms with Gasteiger partial charge in [0.05, 0.1) is 6.04 Å². The van der Waals surface area contributed by atoms with E-state index in [-0.39, 0.29) is 6.04 Å². The van der Waals surface area contributed by atoms with Gasteiger partial charge in [0, 0.05) is 0 Å². The molecule has 0 spiro atoms. The average Bonchev–Trinajstić information content (AvgIpc) is 2.43. The van der Waals surface area contributed by atoms with E-state index < -0.39 is 0 Å². The molecule has 2 aromatic rings. The van der Waals surface area contributed by atoms with Crippen molar-refractivity contribution in [2.45, 2.75) is 33.2 Å². The second kappa shape index (κ2) is 6.03. The molecule has 2 rings (SSSR count). The minimum atomic E-state index is 0.270. The molecular formula is C18H23N. The molecule has 0 fully saturated rings. The summed E-state index contributed by atoms with van der Waals surface area (Å²) < 4.78 is 0. The van der Waals surface area contributed by atoms with Crippen molar-refractivity contribution in [1.82, 2.24) is 5.32 Å². The molecule has 0 aromatic heterocycles. The van der Waals surface area contributed by atoms with Crippen LogP contribution in [-0.4, -0.2) is 7.05 Å². The highest BCUT2D eigenvalue weighted by molar-refractivity contribution is 5.42. The highest BCUT2D eigenvalue weighted by Gasteiger charge is 2.15. The molecule has 0 aliphatic carbocycles. The number of nitrogens with one attached hydrogen (secondary N) is 1. The summed E-state index contributed by atoms with van der Waals surface area (Å²) in [5.74, 6) is 0. The lowest BCUT2D eigenvalue weighted by atomic mass is 9.91. The summed E-state index contributed by atoms with van der Waals surface area (Å²) in [5, 5.41) is 3.45. The van der Waals surface area contributed by atoms with Gasteiger partial charge >= 0.3 is 0 Å². The number of hydrogen-bond donors (Lipinski definition) is 1. The van der Waals surface area contributed by atoms with E-state index in [1.807, 2.05) is 7.05 Å².